The number of carbonyl (C=O) groups is 3. The molecule has 135 heavy (non-hydrogen) atoms. The lowest BCUT2D eigenvalue weighted by Gasteiger charge is -2.29. The standard InChI is InChI=1S/C114H141N9O12/c1-106(2,3)85-37-67-31-73-43-88(109(10,11)12)45-75(103(73)133-64-94-58-121(118-115-94)55-79-49-91(112(19,20)21)52-82(61-124)97(79)127)33-69-39-86(107(4,5)6)41-71(101(69)131-29)35-77-47-90(111(16,17)18)48-78(105(77)135-66-96-60-123(120-117-96)57-81-51-93(114(25,26)27)54-84(63-126)99(81)129)36-72-42-87(108(7,8)9)40-70(102(72)132-30)34-76-46-89(110(13,14)15)44-74(32-68(38-85)100(67)130-28)104(76)134-65-95-59-122(119-116-95)56-80-50-92(113(22,23)24)53-83(62-125)98(80)128/h37-54,58-63,127-129H,31-36,55-57,64-66H2,1-30H3. The highest BCUT2D eigenvalue weighted by atomic mass is 16.5. The Morgan fingerprint density at radius 2 is 0.422 bits per heavy atom. The fraction of sp³-hybridized carbons (Fsp3) is 0.447. The van der Waals surface area contributed by atoms with E-state index in [0.29, 0.717) is 126 Å². The number of phenolic OH excluding ortho intramolecular Hbond substituents is 3. The highest BCUT2D eigenvalue weighted by molar-refractivity contribution is 5.82. The number of aromatic hydroxyl groups is 3. The lowest BCUT2D eigenvalue weighted by Crippen LogP contribution is -2.17. The lowest BCUT2D eigenvalue weighted by molar-refractivity contribution is 0.111. The number of ether oxygens (including phenoxy) is 6. The first kappa shape index (κ1) is 100. The number of benzene rings is 9. The molecule has 714 valence electrons. The van der Waals surface area contributed by atoms with Crippen LogP contribution in [-0.4, -0.2) is 100 Å². The molecule has 0 fully saturated rings. The predicted octanol–water partition coefficient (Wildman–Crippen LogP) is 23.5. The van der Waals surface area contributed by atoms with Gasteiger partial charge in [0.1, 0.15) is 88.6 Å². The summed E-state index contributed by atoms with van der Waals surface area (Å²) in [6, 6.07) is 38.5. The van der Waals surface area contributed by atoms with E-state index in [2.05, 4.69) is 275 Å². The quantitative estimate of drug-likeness (QED) is 0.0565. The third-order valence-electron chi connectivity index (χ3n) is 26.0. The summed E-state index contributed by atoms with van der Waals surface area (Å²) in [6.07, 6.45) is 9.65. The molecule has 13 rings (SSSR count). The van der Waals surface area contributed by atoms with E-state index in [1.807, 2.05) is 36.8 Å². The topological polar surface area (TPSA) is 259 Å². The van der Waals surface area contributed by atoms with Gasteiger partial charge in [-0.3, -0.25) is 14.4 Å². The van der Waals surface area contributed by atoms with E-state index in [0.717, 1.165) is 117 Å². The van der Waals surface area contributed by atoms with Gasteiger partial charge in [-0.2, -0.15) is 0 Å². The summed E-state index contributed by atoms with van der Waals surface area (Å²) in [5, 5.41) is 62.9. The molecule has 3 aromatic heterocycles. The molecule has 0 spiro atoms. The van der Waals surface area contributed by atoms with Crippen molar-refractivity contribution >= 4 is 18.9 Å². The van der Waals surface area contributed by atoms with Gasteiger partial charge in [0.05, 0.1) is 76.2 Å². The Morgan fingerprint density at radius 3 is 0.578 bits per heavy atom. The number of hydrogen-bond donors (Lipinski definition) is 3. The highest BCUT2D eigenvalue weighted by Crippen LogP contribution is 2.48. The van der Waals surface area contributed by atoms with Gasteiger partial charge in [0.2, 0.25) is 0 Å². The molecular weight excluding hydrogens is 1690 g/mol. The summed E-state index contributed by atoms with van der Waals surface area (Å²) in [6.45, 7) is 59.4. The number of methoxy groups -OCH3 is 3. The van der Waals surface area contributed by atoms with E-state index in [4.69, 9.17) is 43.7 Å². The molecule has 3 N–H and O–H groups in total. The second-order valence-electron chi connectivity index (χ2n) is 46.3. The van der Waals surface area contributed by atoms with E-state index in [1.165, 1.54) is 0 Å². The number of fused-ring (bicyclic) bond motifs is 12. The third-order valence-corrected chi connectivity index (χ3v) is 26.0. The van der Waals surface area contributed by atoms with E-state index in [-0.39, 0.29) is 106 Å². The molecule has 0 amide bonds. The van der Waals surface area contributed by atoms with Crippen LogP contribution in [0.2, 0.25) is 0 Å². The molecule has 0 unspecified atom stereocenters. The summed E-state index contributed by atoms with van der Waals surface area (Å²) in [5.74, 6) is 3.72. The zero-order valence-corrected chi connectivity index (χ0v) is 85.4. The molecule has 12 aromatic rings. The van der Waals surface area contributed by atoms with Crippen LogP contribution in [0.15, 0.2) is 128 Å². The number of carbonyl (C=O) groups excluding carboxylic acids is 3. The maximum atomic E-state index is 12.5. The molecule has 0 saturated carbocycles. The fourth-order valence-electron chi connectivity index (χ4n) is 17.8. The molecule has 0 aliphatic heterocycles. The van der Waals surface area contributed by atoms with Crippen LogP contribution in [-0.2, 0) is 127 Å². The van der Waals surface area contributed by atoms with Crippen molar-refractivity contribution in [2.75, 3.05) is 21.3 Å². The van der Waals surface area contributed by atoms with Crippen molar-refractivity contribution in [3.05, 3.63) is 295 Å². The van der Waals surface area contributed by atoms with Crippen LogP contribution >= 0.6 is 0 Å². The highest BCUT2D eigenvalue weighted by Gasteiger charge is 2.34. The van der Waals surface area contributed by atoms with Crippen molar-refractivity contribution in [3.63, 3.8) is 0 Å². The summed E-state index contributed by atoms with van der Waals surface area (Å²) in [5.41, 5.74) is 20.6. The Labute approximate surface area is 799 Å². The molecule has 9 aromatic carbocycles. The summed E-state index contributed by atoms with van der Waals surface area (Å²) < 4.78 is 48.5. The van der Waals surface area contributed by atoms with Crippen LogP contribution in [0.1, 0.15) is 369 Å². The van der Waals surface area contributed by atoms with Crippen LogP contribution in [0.4, 0.5) is 0 Å². The van der Waals surface area contributed by atoms with Crippen molar-refractivity contribution in [2.24, 2.45) is 0 Å². The number of rotatable bonds is 21. The number of hydrogen-bond acceptors (Lipinski definition) is 18. The van der Waals surface area contributed by atoms with Crippen LogP contribution in [0.5, 0.6) is 51.7 Å². The van der Waals surface area contributed by atoms with Crippen LogP contribution < -0.4 is 28.4 Å². The smallest absolute Gasteiger partial charge is 0.153 e. The van der Waals surface area contributed by atoms with Crippen LogP contribution in [0, 0.1) is 0 Å². The van der Waals surface area contributed by atoms with Gasteiger partial charge in [-0.15, -0.1) is 15.3 Å². The fourth-order valence-corrected chi connectivity index (χ4v) is 17.8. The van der Waals surface area contributed by atoms with Gasteiger partial charge in [0.25, 0.3) is 0 Å². The first-order valence-corrected chi connectivity index (χ1v) is 47.0. The van der Waals surface area contributed by atoms with E-state index >= 15 is 0 Å². The Balaban J connectivity index is 1.07. The number of nitrogens with zero attached hydrogens (tertiary/aromatic N) is 9. The predicted molar refractivity (Wildman–Crippen MR) is 534 cm³/mol. The molecule has 1 aliphatic carbocycles. The maximum absolute atomic E-state index is 12.5. The summed E-state index contributed by atoms with van der Waals surface area (Å²) >= 11 is 0. The molecular formula is C114H141N9O12. The largest absolute Gasteiger partial charge is 0.507 e. The molecule has 0 radical (unpaired) electrons. The Morgan fingerprint density at radius 1 is 0.259 bits per heavy atom. The first-order valence-electron chi connectivity index (χ1n) is 47.0. The van der Waals surface area contributed by atoms with Gasteiger partial charge in [0.15, 0.2) is 18.9 Å². The minimum atomic E-state index is -0.401. The monoisotopic (exact) mass is 1830 g/mol. The minimum Gasteiger partial charge on any atom is -0.507 e. The lowest BCUT2D eigenvalue weighted by atomic mass is 9.79. The van der Waals surface area contributed by atoms with Crippen molar-refractivity contribution < 1.29 is 58.1 Å². The molecule has 3 heterocycles. The zero-order chi connectivity index (χ0) is 98.7. The summed E-state index contributed by atoms with van der Waals surface area (Å²) in [4.78, 5) is 37.6. The Hall–Kier alpha value is -12.4. The van der Waals surface area contributed by atoms with Gasteiger partial charge in [-0.1, -0.05) is 275 Å². The Bertz CT molecular complexity index is 5710. The SMILES string of the molecule is COc1c2cc(C(C)(C)C)cc1Cc1cc(C(C)(C)C)cc(c1OCc1cn(Cc3cc(C(C)(C)C)cc(C=O)c3O)nn1)Cc1cc(C(C)(C)C)cc(c1OC)Cc1cc(C(C)(C)C)cc(c1OCc1cn(Cc3cc(C(C)(C)C)cc(C=O)c3O)nn1)Cc1cc(C(C)(C)C)cc(c1OC)Cc1cc(C(C)(C)C)cc(c1OCc1cn(Cc3cc(C(C)(C)C)cc(C=O)c3O)nn1)C2. The van der Waals surface area contributed by atoms with Crippen molar-refractivity contribution in [1.29, 1.82) is 0 Å². The molecule has 12 bridgehead atoms. The van der Waals surface area contributed by atoms with Crippen molar-refractivity contribution in [1.82, 2.24) is 45.0 Å². The van der Waals surface area contributed by atoms with Gasteiger partial charge in [-0.05, 0) is 202 Å². The molecule has 1 aliphatic rings. The van der Waals surface area contributed by atoms with Crippen molar-refractivity contribution in [3.8, 4) is 51.7 Å². The molecule has 0 saturated heterocycles. The molecule has 0 atom stereocenters. The Kier molecular flexibility index (Phi) is 28.2. The maximum Gasteiger partial charge on any atom is 0.153 e. The average Bonchev–Trinajstić information content (AvgIpc) is 1.23. The van der Waals surface area contributed by atoms with E-state index in [9.17, 15) is 29.7 Å². The summed E-state index contributed by atoms with van der Waals surface area (Å²) in [7, 11) is 5.28. The van der Waals surface area contributed by atoms with E-state index in [1.54, 1.807) is 53.6 Å². The average molecular weight is 1830 g/mol. The van der Waals surface area contributed by atoms with Crippen molar-refractivity contribution in [2.45, 2.75) is 314 Å². The first-order chi connectivity index (χ1) is 62.9. The zero-order valence-electron chi connectivity index (χ0n) is 85.4. The number of aldehydes is 3. The molecule has 21 heteroatoms. The van der Waals surface area contributed by atoms with Crippen LogP contribution in [0.3, 0.4) is 0 Å². The second kappa shape index (κ2) is 38.1. The second-order valence-corrected chi connectivity index (χ2v) is 46.3. The van der Waals surface area contributed by atoms with Gasteiger partial charge < -0.3 is 43.7 Å². The van der Waals surface area contributed by atoms with Gasteiger partial charge in [-0.25, -0.2) is 14.0 Å². The normalized spacial score (nSPS) is 13.3. The van der Waals surface area contributed by atoms with E-state index < -0.39 is 16.2 Å². The number of phenols is 3. The van der Waals surface area contributed by atoms with Gasteiger partial charge >= 0.3 is 0 Å². The number of aromatic nitrogens is 9. The van der Waals surface area contributed by atoms with Gasteiger partial charge in [0, 0.05) is 55.2 Å². The minimum absolute atomic E-state index is 0.00431. The third kappa shape index (κ3) is 22.9. The molecule has 21 nitrogen and oxygen atoms in total. The van der Waals surface area contributed by atoms with Crippen LogP contribution in [0.25, 0.3) is 0 Å².